The SMILES string of the molecule is CCOC(=O)CCCNS(=O)(=O)CC(=O)OC. The lowest BCUT2D eigenvalue weighted by atomic mass is 10.3. The number of methoxy groups -OCH3 is 1. The van der Waals surface area contributed by atoms with Crippen LogP contribution in [0.5, 0.6) is 0 Å². The molecule has 0 aliphatic rings. The molecule has 0 rings (SSSR count). The molecule has 0 spiro atoms. The van der Waals surface area contributed by atoms with Gasteiger partial charge in [0.2, 0.25) is 10.0 Å². The van der Waals surface area contributed by atoms with Crippen LogP contribution in [-0.4, -0.2) is 46.4 Å². The Morgan fingerprint density at radius 1 is 1.24 bits per heavy atom. The summed E-state index contributed by atoms with van der Waals surface area (Å²) in [5.41, 5.74) is 0. The van der Waals surface area contributed by atoms with Crippen LogP contribution in [-0.2, 0) is 29.1 Å². The molecule has 17 heavy (non-hydrogen) atoms. The maximum absolute atomic E-state index is 11.2. The van der Waals surface area contributed by atoms with E-state index in [4.69, 9.17) is 0 Å². The Labute approximate surface area is 101 Å². The molecule has 0 amide bonds. The van der Waals surface area contributed by atoms with E-state index in [-0.39, 0.29) is 18.9 Å². The number of sulfonamides is 1. The Balaban J connectivity index is 3.81. The van der Waals surface area contributed by atoms with Crippen molar-refractivity contribution < 1.29 is 27.5 Å². The Hall–Kier alpha value is -1.15. The van der Waals surface area contributed by atoms with Gasteiger partial charge < -0.3 is 9.47 Å². The smallest absolute Gasteiger partial charge is 0.322 e. The van der Waals surface area contributed by atoms with Crippen molar-refractivity contribution in [2.45, 2.75) is 19.8 Å². The van der Waals surface area contributed by atoms with Crippen molar-refractivity contribution in [2.24, 2.45) is 0 Å². The third kappa shape index (κ3) is 8.64. The third-order valence-corrected chi connectivity index (χ3v) is 2.98. The van der Waals surface area contributed by atoms with E-state index >= 15 is 0 Å². The highest BCUT2D eigenvalue weighted by molar-refractivity contribution is 7.90. The zero-order chi connectivity index (χ0) is 13.3. The van der Waals surface area contributed by atoms with Crippen molar-refractivity contribution in [1.82, 2.24) is 4.72 Å². The molecular weight excluding hydrogens is 250 g/mol. The molecule has 0 heterocycles. The number of carbonyl (C=O) groups excluding carboxylic acids is 2. The zero-order valence-electron chi connectivity index (χ0n) is 9.89. The highest BCUT2D eigenvalue weighted by Crippen LogP contribution is 1.93. The minimum atomic E-state index is -3.68. The molecule has 100 valence electrons. The van der Waals surface area contributed by atoms with Crippen LogP contribution in [0, 0.1) is 0 Å². The van der Waals surface area contributed by atoms with Crippen molar-refractivity contribution in [3.8, 4) is 0 Å². The fourth-order valence-electron chi connectivity index (χ4n) is 0.959. The molecule has 0 saturated carbocycles. The van der Waals surface area contributed by atoms with E-state index in [1.165, 1.54) is 0 Å². The number of rotatable bonds is 8. The topological polar surface area (TPSA) is 98.8 Å². The van der Waals surface area contributed by atoms with Gasteiger partial charge in [0.05, 0.1) is 13.7 Å². The Morgan fingerprint density at radius 2 is 1.88 bits per heavy atom. The number of ether oxygens (including phenoxy) is 2. The van der Waals surface area contributed by atoms with Gasteiger partial charge in [-0.05, 0) is 13.3 Å². The first kappa shape index (κ1) is 15.9. The van der Waals surface area contributed by atoms with E-state index in [0.717, 1.165) is 7.11 Å². The van der Waals surface area contributed by atoms with Crippen LogP contribution >= 0.6 is 0 Å². The van der Waals surface area contributed by atoms with Gasteiger partial charge in [0, 0.05) is 13.0 Å². The summed E-state index contributed by atoms with van der Waals surface area (Å²) >= 11 is 0. The maximum atomic E-state index is 11.2. The predicted molar refractivity (Wildman–Crippen MR) is 59.7 cm³/mol. The van der Waals surface area contributed by atoms with E-state index < -0.39 is 21.7 Å². The predicted octanol–water partition coefficient (Wildman–Crippen LogP) is -0.578. The molecule has 0 aromatic carbocycles. The molecule has 0 bridgehead atoms. The van der Waals surface area contributed by atoms with Crippen molar-refractivity contribution >= 4 is 22.0 Å². The monoisotopic (exact) mass is 267 g/mol. The first-order valence-electron chi connectivity index (χ1n) is 5.11. The van der Waals surface area contributed by atoms with Gasteiger partial charge in [-0.2, -0.15) is 0 Å². The lowest BCUT2D eigenvalue weighted by Crippen LogP contribution is -2.31. The number of nitrogens with one attached hydrogen (secondary N) is 1. The standard InChI is InChI=1S/C9H17NO6S/c1-3-16-8(11)5-4-6-10-17(13,14)7-9(12)15-2/h10H,3-7H2,1-2H3. The summed E-state index contributed by atoms with van der Waals surface area (Å²) in [6, 6.07) is 0. The Bertz CT molecular complexity index is 350. The summed E-state index contributed by atoms with van der Waals surface area (Å²) in [6.45, 7) is 2.07. The normalized spacial score (nSPS) is 10.9. The van der Waals surface area contributed by atoms with Crippen LogP contribution < -0.4 is 4.72 Å². The summed E-state index contributed by atoms with van der Waals surface area (Å²) in [4.78, 5) is 21.7. The van der Waals surface area contributed by atoms with Gasteiger partial charge in [-0.3, -0.25) is 9.59 Å². The summed E-state index contributed by atoms with van der Waals surface area (Å²) in [5, 5.41) is 0. The van der Waals surface area contributed by atoms with Crippen LogP contribution in [0.15, 0.2) is 0 Å². The lowest BCUT2D eigenvalue weighted by molar-refractivity contribution is -0.143. The van der Waals surface area contributed by atoms with Crippen LogP contribution in [0.3, 0.4) is 0 Å². The highest BCUT2D eigenvalue weighted by atomic mass is 32.2. The molecule has 0 fully saturated rings. The van der Waals surface area contributed by atoms with Crippen molar-refractivity contribution in [1.29, 1.82) is 0 Å². The molecule has 0 aromatic rings. The molecular formula is C9H17NO6S. The van der Waals surface area contributed by atoms with E-state index in [9.17, 15) is 18.0 Å². The summed E-state index contributed by atoms with van der Waals surface area (Å²) in [6.07, 6.45) is 0.452. The van der Waals surface area contributed by atoms with Crippen LogP contribution in [0.2, 0.25) is 0 Å². The fraction of sp³-hybridized carbons (Fsp3) is 0.778. The molecule has 0 atom stereocenters. The number of hydrogen-bond donors (Lipinski definition) is 1. The summed E-state index contributed by atoms with van der Waals surface area (Å²) in [5.74, 6) is -1.93. The molecule has 0 aliphatic carbocycles. The van der Waals surface area contributed by atoms with Crippen molar-refractivity contribution in [3.63, 3.8) is 0 Å². The largest absolute Gasteiger partial charge is 0.468 e. The highest BCUT2D eigenvalue weighted by Gasteiger charge is 2.16. The van der Waals surface area contributed by atoms with Gasteiger partial charge in [0.1, 0.15) is 0 Å². The van der Waals surface area contributed by atoms with Gasteiger partial charge in [0.15, 0.2) is 5.75 Å². The van der Waals surface area contributed by atoms with E-state index in [1.807, 2.05) is 0 Å². The van der Waals surface area contributed by atoms with Gasteiger partial charge in [-0.15, -0.1) is 0 Å². The molecule has 0 saturated heterocycles. The summed E-state index contributed by atoms with van der Waals surface area (Å²) in [7, 11) is -2.57. The fourth-order valence-corrected chi connectivity index (χ4v) is 1.94. The Morgan fingerprint density at radius 3 is 2.41 bits per heavy atom. The van der Waals surface area contributed by atoms with Gasteiger partial charge in [-0.25, -0.2) is 13.1 Å². The number of carbonyl (C=O) groups is 2. The van der Waals surface area contributed by atoms with Crippen molar-refractivity contribution in [2.75, 3.05) is 26.0 Å². The number of hydrogen-bond acceptors (Lipinski definition) is 6. The molecule has 7 nitrogen and oxygen atoms in total. The van der Waals surface area contributed by atoms with E-state index in [0.29, 0.717) is 13.0 Å². The van der Waals surface area contributed by atoms with Gasteiger partial charge in [-0.1, -0.05) is 0 Å². The molecule has 0 unspecified atom stereocenters. The van der Waals surface area contributed by atoms with Crippen molar-refractivity contribution in [3.05, 3.63) is 0 Å². The maximum Gasteiger partial charge on any atom is 0.322 e. The second kappa shape index (κ2) is 8.02. The van der Waals surface area contributed by atoms with E-state index in [2.05, 4.69) is 14.2 Å². The van der Waals surface area contributed by atoms with Crippen LogP contribution in [0.25, 0.3) is 0 Å². The average Bonchev–Trinajstić information content (AvgIpc) is 2.24. The van der Waals surface area contributed by atoms with Gasteiger partial charge in [0.25, 0.3) is 0 Å². The zero-order valence-corrected chi connectivity index (χ0v) is 10.7. The molecule has 0 radical (unpaired) electrons. The Kier molecular flexibility index (Phi) is 7.47. The average molecular weight is 267 g/mol. The van der Waals surface area contributed by atoms with Gasteiger partial charge >= 0.3 is 11.9 Å². The minimum absolute atomic E-state index is 0.0815. The van der Waals surface area contributed by atoms with E-state index in [1.54, 1.807) is 6.92 Å². The first-order valence-corrected chi connectivity index (χ1v) is 6.76. The molecule has 8 heteroatoms. The second-order valence-electron chi connectivity index (χ2n) is 3.14. The minimum Gasteiger partial charge on any atom is -0.468 e. The molecule has 0 aromatic heterocycles. The molecule has 1 N–H and O–H groups in total. The molecule has 0 aliphatic heterocycles. The summed E-state index contributed by atoms with van der Waals surface area (Å²) < 4.78 is 33.6. The quantitative estimate of drug-likeness (QED) is 0.467. The first-order chi connectivity index (χ1) is 7.91. The van der Waals surface area contributed by atoms with Crippen LogP contribution in [0.1, 0.15) is 19.8 Å². The lowest BCUT2D eigenvalue weighted by Gasteiger charge is -2.05. The van der Waals surface area contributed by atoms with Crippen LogP contribution in [0.4, 0.5) is 0 Å². The number of esters is 2. The second-order valence-corrected chi connectivity index (χ2v) is 4.94. The third-order valence-electron chi connectivity index (χ3n) is 1.72.